The summed E-state index contributed by atoms with van der Waals surface area (Å²) in [7, 11) is 0. The molecule has 4 heteroatoms. The predicted molar refractivity (Wildman–Crippen MR) is 178 cm³/mol. The maximum atomic E-state index is 13.5. The molecule has 0 aromatic heterocycles. The number of hydrogen-bond acceptors (Lipinski definition) is 4. The summed E-state index contributed by atoms with van der Waals surface area (Å²) < 4.78 is 0. The van der Waals surface area contributed by atoms with Crippen molar-refractivity contribution in [1.82, 2.24) is 0 Å². The molecular weight excluding hydrogens is 544 g/mol. The summed E-state index contributed by atoms with van der Waals surface area (Å²) in [4.78, 5) is 51.4. The Morgan fingerprint density at radius 1 is 0.955 bits per heavy atom. The molecule has 44 heavy (non-hydrogen) atoms. The molecule has 0 N–H and O–H groups in total. The molecule has 0 saturated heterocycles. The SMILES string of the molecule is CCCC(CC1CC(=O)c2c(ccc(CC(=O)CCC3CC=CC=CCc4ccccc43)c2C)C1)C(CC)C(=O)CC(C)=O. The van der Waals surface area contributed by atoms with E-state index in [9.17, 15) is 19.2 Å². The predicted octanol–water partition coefficient (Wildman–Crippen LogP) is 8.86. The summed E-state index contributed by atoms with van der Waals surface area (Å²) in [5.41, 5.74) is 6.47. The minimum atomic E-state index is -0.126. The van der Waals surface area contributed by atoms with Crippen LogP contribution in [0.25, 0.3) is 0 Å². The number of carbonyl (C=O) groups is 4. The van der Waals surface area contributed by atoms with Crippen molar-refractivity contribution in [3.05, 3.63) is 94.1 Å². The molecule has 0 amide bonds. The average Bonchev–Trinajstić information content (AvgIpc) is 3.08. The largest absolute Gasteiger partial charge is 0.300 e. The van der Waals surface area contributed by atoms with Gasteiger partial charge in [0, 0.05) is 30.7 Å². The normalized spacial score (nSPS) is 19.2. The fourth-order valence-electron chi connectivity index (χ4n) is 7.71. The van der Waals surface area contributed by atoms with Crippen LogP contribution >= 0.6 is 0 Å². The van der Waals surface area contributed by atoms with E-state index in [0.717, 1.165) is 73.6 Å². The van der Waals surface area contributed by atoms with Crippen molar-refractivity contribution in [2.45, 2.75) is 111 Å². The number of allylic oxidation sites excluding steroid dienone is 4. The van der Waals surface area contributed by atoms with Gasteiger partial charge in [0.05, 0.1) is 6.42 Å². The molecule has 0 spiro atoms. The molecule has 4 unspecified atom stereocenters. The minimum absolute atomic E-state index is 0.00825. The monoisotopic (exact) mass is 594 g/mol. The Morgan fingerprint density at radius 3 is 2.48 bits per heavy atom. The van der Waals surface area contributed by atoms with Crippen LogP contribution in [0.3, 0.4) is 0 Å². The van der Waals surface area contributed by atoms with Crippen LogP contribution in [-0.2, 0) is 33.6 Å². The molecule has 0 fully saturated rings. The van der Waals surface area contributed by atoms with E-state index in [4.69, 9.17) is 0 Å². The van der Waals surface area contributed by atoms with Crippen molar-refractivity contribution in [3.8, 4) is 0 Å². The highest BCUT2D eigenvalue weighted by Crippen LogP contribution is 2.37. The van der Waals surface area contributed by atoms with Gasteiger partial charge in [0.1, 0.15) is 17.3 Å². The van der Waals surface area contributed by atoms with Crippen molar-refractivity contribution in [2.24, 2.45) is 17.8 Å². The van der Waals surface area contributed by atoms with Gasteiger partial charge in [-0.3, -0.25) is 19.2 Å². The summed E-state index contributed by atoms with van der Waals surface area (Å²) in [6.07, 6.45) is 16.9. The van der Waals surface area contributed by atoms with Crippen molar-refractivity contribution in [1.29, 1.82) is 0 Å². The topological polar surface area (TPSA) is 68.3 Å². The van der Waals surface area contributed by atoms with Gasteiger partial charge < -0.3 is 0 Å². The standard InChI is InChI=1S/C40H50O4/c1-5-13-33(36(6-2)38(43)22-27(3)41)23-29-24-34-19-18-32(28(4)40(34)39(44)25-29)26-35(42)21-20-31-15-10-8-7-9-14-30-16-11-12-17-37(30)31/h7-12,16-19,29,31,33,36H,5-6,13-15,20-26H2,1-4H3. The molecule has 0 aliphatic heterocycles. The molecule has 2 aliphatic carbocycles. The Balaban J connectivity index is 1.42. The highest BCUT2D eigenvalue weighted by atomic mass is 16.1. The van der Waals surface area contributed by atoms with Gasteiger partial charge in [0.25, 0.3) is 0 Å². The van der Waals surface area contributed by atoms with Crippen molar-refractivity contribution in [2.75, 3.05) is 0 Å². The van der Waals surface area contributed by atoms with E-state index in [2.05, 4.69) is 67.6 Å². The second-order valence-corrected chi connectivity index (χ2v) is 13.2. The third kappa shape index (κ3) is 8.61. The molecule has 234 valence electrons. The second kappa shape index (κ2) is 16.1. The third-order valence-corrected chi connectivity index (χ3v) is 9.86. The lowest BCUT2D eigenvalue weighted by Gasteiger charge is -2.32. The lowest BCUT2D eigenvalue weighted by molar-refractivity contribution is -0.130. The molecule has 0 saturated carbocycles. The Labute approximate surface area is 264 Å². The Morgan fingerprint density at radius 2 is 1.73 bits per heavy atom. The first-order chi connectivity index (χ1) is 21.2. The molecule has 0 bridgehead atoms. The highest BCUT2D eigenvalue weighted by Gasteiger charge is 2.33. The molecule has 4 rings (SSSR count). The Hall–Kier alpha value is -3.40. The number of fused-ring (bicyclic) bond motifs is 2. The maximum absolute atomic E-state index is 13.5. The van der Waals surface area contributed by atoms with Crippen LogP contribution in [-0.4, -0.2) is 23.1 Å². The molecule has 2 aliphatic rings. The molecule has 0 radical (unpaired) electrons. The van der Waals surface area contributed by atoms with Crippen LogP contribution < -0.4 is 0 Å². The zero-order valence-corrected chi connectivity index (χ0v) is 27.2. The molecule has 2 aromatic rings. The molecule has 4 atom stereocenters. The van der Waals surface area contributed by atoms with Gasteiger partial charge in [-0.2, -0.15) is 0 Å². The smallest absolute Gasteiger partial charge is 0.163 e. The summed E-state index contributed by atoms with van der Waals surface area (Å²) in [6.45, 7) is 7.65. The van der Waals surface area contributed by atoms with Gasteiger partial charge in [-0.15, -0.1) is 0 Å². The number of rotatable bonds is 14. The van der Waals surface area contributed by atoms with Gasteiger partial charge in [-0.25, -0.2) is 0 Å². The first-order valence-corrected chi connectivity index (χ1v) is 16.8. The van der Waals surface area contributed by atoms with E-state index >= 15 is 0 Å². The molecule has 4 nitrogen and oxygen atoms in total. The number of hydrogen-bond donors (Lipinski definition) is 0. The van der Waals surface area contributed by atoms with Crippen molar-refractivity contribution < 1.29 is 19.2 Å². The summed E-state index contributed by atoms with van der Waals surface area (Å²) in [5.74, 6) is 0.919. The van der Waals surface area contributed by atoms with Crippen LogP contribution in [0.5, 0.6) is 0 Å². The minimum Gasteiger partial charge on any atom is -0.300 e. The van der Waals surface area contributed by atoms with Crippen LogP contribution in [0.2, 0.25) is 0 Å². The molecule has 2 aromatic carbocycles. The van der Waals surface area contributed by atoms with E-state index in [1.807, 2.05) is 13.8 Å². The highest BCUT2D eigenvalue weighted by molar-refractivity contribution is 6.01. The zero-order chi connectivity index (χ0) is 31.6. The first kappa shape index (κ1) is 33.5. The van der Waals surface area contributed by atoms with Gasteiger partial charge in [0.15, 0.2) is 5.78 Å². The first-order valence-electron chi connectivity index (χ1n) is 16.8. The van der Waals surface area contributed by atoms with E-state index in [1.54, 1.807) is 0 Å². The third-order valence-electron chi connectivity index (χ3n) is 9.86. The second-order valence-electron chi connectivity index (χ2n) is 13.2. The zero-order valence-electron chi connectivity index (χ0n) is 27.2. The average molecular weight is 595 g/mol. The summed E-state index contributed by atoms with van der Waals surface area (Å²) in [6, 6.07) is 12.7. The Kier molecular flexibility index (Phi) is 12.2. The van der Waals surface area contributed by atoms with E-state index < -0.39 is 0 Å². The fourth-order valence-corrected chi connectivity index (χ4v) is 7.71. The van der Waals surface area contributed by atoms with Crippen LogP contribution in [0.4, 0.5) is 0 Å². The number of ketones is 4. The van der Waals surface area contributed by atoms with Crippen LogP contribution in [0.15, 0.2) is 60.7 Å². The van der Waals surface area contributed by atoms with Gasteiger partial charge >= 0.3 is 0 Å². The number of Topliss-reactive ketones (excluding diaryl/α,β-unsaturated/α-hetero) is 4. The maximum Gasteiger partial charge on any atom is 0.163 e. The van der Waals surface area contributed by atoms with E-state index in [-0.39, 0.29) is 47.3 Å². The van der Waals surface area contributed by atoms with Crippen LogP contribution in [0.1, 0.15) is 123 Å². The van der Waals surface area contributed by atoms with Crippen molar-refractivity contribution >= 4 is 23.1 Å². The lowest BCUT2D eigenvalue weighted by atomic mass is 9.72. The summed E-state index contributed by atoms with van der Waals surface area (Å²) in [5, 5.41) is 0. The number of benzene rings is 2. The fraction of sp³-hybridized carbons (Fsp3) is 0.500. The molecule has 0 heterocycles. The Bertz CT molecular complexity index is 1410. The van der Waals surface area contributed by atoms with Crippen LogP contribution in [0, 0.1) is 24.7 Å². The summed E-state index contributed by atoms with van der Waals surface area (Å²) >= 11 is 0. The van der Waals surface area contributed by atoms with E-state index in [0.29, 0.717) is 25.2 Å². The van der Waals surface area contributed by atoms with Gasteiger partial charge in [0.2, 0.25) is 0 Å². The lowest BCUT2D eigenvalue weighted by Crippen LogP contribution is -2.30. The quantitative estimate of drug-likeness (QED) is 0.205. The van der Waals surface area contributed by atoms with Crippen molar-refractivity contribution in [3.63, 3.8) is 0 Å². The molecular formula is C40H50O4. The number of carbonyl (C=O) groups excluding carboxylic acids is 4. The van der Waals surface area contributed by atoms with Gasteiger partial charge in [-0.05, 0) is 97.9 Å². The van der Waals surface area contributed by atoms with E-state index in [1.165, 1.54) is 18.1 Å². The van der Waals surface area contributed by atoms with Gasteiger partial charge in [-0.1, -0.05) is 87.4 Å².